The van der Waals surface area contributed by atoms with Gasteiger partial charge in [-0.1, -0.05) is 0 Å². The Kier molecular flexibility index (Phi) is 4.57. The van der Waals surface area contributed by atoms with Crippen LogP contribution in [0, 0.1) is 0 Å². The van der Waals surface area contributed by atoms with E-state index in [1.54, 1.807) is 0 Å². The number of halogens is 1. The first kappa shape index (κ1) is 10.8. The number of rotatable bonds is 4. The van der Waals surface area contributed by atoms with Crippen LogP contribution in [0.1, 0.15) is 39.0 Å². The lowest BCUT2D eigenvalue weighted by Crippen LogP contribution is -2.33. The molecule has 0 radical (unpaired) electrons. The van der Waals surface area contributed by atoms with E-state index in [0.29, 0.717) is 24.2 Å². The third kappa shape index (κ3) is 3.18. The molecule has 0 aromatic rings. The summed E-state index contributed by atoms with van der Waals surface area (Å²) in [7, 11) is 0. The van der Waals surface area contributed by atoms with E-state index < -0.39 is 0 Å². The third-order valence-corrected chi connectivity index (χ3v) is 2.91. The zero-order valence-electron chi connectivity index (χ0n) is 8.26. The molecular weight excluding hydrogens is 186 g/mol. The zero-order chi connectivity index (χ0) is 9.68. The molecule has 2 nitrogen and oxygen atoms in total. The average Bonchev–Trinajstić information content (AvgIpc) is 2.52. The van der Waals surface area contributed by atoms with Crippen LogP contribution < -0.4 is 0 Å². The highest BCUT2D eigenvalue weighted by molar-refractivity contribution is 6.17. The highest BCUT2D eigenvalue weighted by atomic mass is 35.5. The fourth-order valence-electron chi connectivity index (χ4n) is 1.82. The summed E-state index contributed by atoms with van der Waals surface area (Å²) in [6.07, 6.45) is 4.90. The first-order chi connectivity index (χ1) is 6.25. The lowest BCUT2D eigenvalue weighted by Gasteiger charge is -2.21. The molecule has 76 valence electrons. The Hall–Kier alpha value is -0.240. The van der Waals surface area contributed by atoms with Crippen LogP contribution in [0.25, 0.3) is 0 Å². The molecule has 13 heavy (non-hydrogen) atoms. The van der Waals surface area contributed by atoms with Gasteiger partial charge in [0.25, 0.3) is 0 Å². The summed E-state index contributed by atoms with van der Waals surface area (Å²) in [4.78, 5) is 13.6. The van der Waals surface area contributed by atoms with Crippen molar-refractivity contribution in [3.8, 4) is 0 Å². The number of carbonyl (C=O) groups is 1. The maximum atomic E-state index is 11.6. The fourth-order valence-corrected chi connectivity index (χ4v) is 2.01. The Morgan fingerprint density at radius 3 is 2.85 bits per heavy atom. The van der Waals surface area contributed by atoms with Crippen molar-refractivity contribution in [2.45, 2.75) is 45.1 Å². The Bertz CT molecular complexity index is 172. The molecule has 1 amide bonds. The van der Waals surface area contributed by atoms with Crippen molar-refractivity contribution >= 4 is 17.5 Å². The molecule has 0 N–H and O–H groups in total. The van der Waals surface area contributed by atoms with E-state index in [0.717, 1.165) is 19.4 Å². The number of hydrogen-bond acceptors (Lipinski definition) is 1. The van der Waals surface area contributed by atoms with Crippen molar-refractivity contribution < 1.29 is 4.79 Å². The van der Waals surface area contributed by atoms with Gasteiger partial charge < -0.3 is 4.90 Å². The van der Waals surface area contributed by atoms with Gasteiger partial charge in [-0.05, 0) is 32.6 Å². The summed E-state index contributed by atoms with van der Waals surface area (Å²) in [5.41, 5.74) is 0. The molecule has 1 aliphatic heterocycles. The summed E-state index contributed by atoms with van der Waals surface area (Å²) >= 11 is 5.55. The van der Waals surface area contributed by atoms with Gasteiger partial charge >= 0.3 is 0 Å². The molecule has 0 aromatic heterocycles. The van der Waals surface area contributed by atoms with E-state index in [4.69, 9.17) is 11.6 Å². The van der Waals surface area contributed by atoms with Crippen LogP contribution >= 0.6 is 11.6 Å². The first-order valence-corrected chi connectivity index (χ1v) is 5.64. The standard InChI is InChI=1S/C10H18ClNO/c1-9-5-4-8-12(9)10(13)6-2-3-7-11/h9H,2-8H2,1H3. The topological polar surface area (TPSA) is 20.3 Å². The summed E-state index contributed by atoms with van der Waals surface area (Å²) in [5.74, 6) is 0.984. The lowest BCUT2D eigenvalue weighted by molar-refractivity contribution is -0.131. The average molecular weight is 204 g/mol. The number of likely N-dealkylation sites (tertiary alicyclic amines) is 1. The largest absolute Gasteiger partial charge is 0.340 e. The molecule has 1 saturated heterocycles. The molecule has 0 aromatic carbocycles. The Balaban J connectivity index is 2.22. The van der Waals surface area contributed by atoms with Gasteiger partial charge in [-0.25, -0.2) is 0 Å². The first-order valence-electron chi connectivity index (χ1n) is 5.11. The van der Waals surface area contributed by atoms with Crippen molar-refractivity contribution in [2.75, 3.05) is 12.4 Å². The Labute approximate surface area is 85.2 Å². The maximum absolute atomic E-state index is 11.6. The molecule has 1 heterocycles. The fraction of sp³-hybridized carbons (Fsp3) is 0.900. The molecule has 0 spiro atoms. The summed E-state index contributed by atoms with van der Waals surface area (Å²) < 4.78 is 0. The number of nitrogens with zero attached hydrogens (tertiary/aromatic N) is 1. The number of alkyl halides is 1. The molecular formula is C10H18ClNO. The van der Waals surface area contributed by atoms with Gasteiger partial charge in [0.2, 0.25) is 5.91 Å². The molecule has 0 bridgehead atoms. The molecule has 1 atom stereocenters. The molecule has 1 aliphatic rings. The molecule has 1 fully saturated rings. The van der Waals surface area contributed by atoms with Crippen LogP contribution in [0.2, 0.25) is 0 Å². The van der Waals surface area contributed by atoms with E-state index >= 15 is 0 Å². The highest BCUT2D eigenvalue weighted by Crippen LogP contribution is 2.17. The molecule has 0 saturated carbocycles. The van der Waals surface area contributed by atoms with Gasteiger partial charge in [0, 0.05) is 24.9 Å². The van der Waals surface area contributed by atoms with Crippen molar-refractivity contribution in [3.05, 3.63) is 0 Å². The second-order valence-corrected chi connectivity index (χ2v) is 4.10. The minimum Gasteiger partial charge on any atom is -0.340 e. The molecule has 0 aliphatic carbocycles. The SMILES string of the molecule is CC1CCCN1C(=O)CCCCCl. The van der Waals surface area contributed by atoms with Crippen LogP contribution in [0.5, 0.6) is 0 Å². The third-order valence-electron chi connectivity index (χ3n) is 2.65. The lowest BCUT2D eigenvalue weighted by atomic mass is 10.2. The normalized spacial score (nSPS) is 22.3. The number of amides is 1. The van der Waals surface area contributed by atoms with E-state index in [1.165, 1.54) is 12.8 Å². The van der Waals surface area contributed by atoms with Gasteiger partial charge in [-0.15, -0.1) is 11.6 Å². The number of hydrogen-bond donors (Lipinski definition) is 0. The van der Waals surface area contributed by atoms with Crippen molar-refractivity contribution in [1.29, 1.82) is 0 Å². The van der Waals surface area contributed by atoms with Crippen molar-refractivity contribution in [3.63, 3.8) is 0 Å². The predicted octanol–water partition coefficient (Wildman–Crippen LogP) is 2.41. The van der Waals surface area contributed by atoms with Crippen molar-refractivity contribution in [1.82, 2.24) is 4.90 Å². The van der Waals surface area contributed by atoms with Crippen LogP contribution in [0.15, 0.2) is 0 Å². The van der Waals surface area contributed by atoms with E-state index in [2.05, 4.69) is 6.92 Å². The summed E-state index contributed by atoms with van der Waals surface area (Å²) in [5, 5.41) is 0. The minimum absolute atomic E-state index is 0.315. The summed E-state index contributed by atoms with van der Waals surface area (Å²) in [6, 6.07) is 0.462. The number of carbonyl (C=O) groups excluding carboxylic acids is 1. The molecule has 1 rings (SSSR count). The molecule has 3 heteroatoms. The molecule has 1 unspecified atom stereocenters. The van der Waals surface area contributed by atoms with Crippen LogP contribution in [0.3, 0.4) is 0 Å². The van der Waals surface area contributed by atoms with Gasteiger partial charge in [-0.3, -0.25) is 4.79 Å². The van der Waals surface area contributed by atoms with E-state index in [9.17, 15) is 4.79 Å². The smallest absolute Gasteiger partial charge is 0.222 e. The van der Waals surface area contributed by atoms with Gasteiger partial charge in [0.1, 0.15) is 0 Å². The van der Waals surface area contributed by atoms with Gasteiger partial charge in [-0.2, -0.15) is 0 Å². The van der Waals surface area contributed by atoms with Crippen molar-refractivity contribution in [2.24, 2.45) is 0 Å². The zero-order valence-corrected chi connectivity index (χ0v) is 9.02. The number of unbranched alkanes of at least 4 members (excludes halogenated alkanes) is 1. The summed E-state index contributed by atoms with van der Waals surface area (Å²) in [6.45, 7) is 3.09. The second kappa shape index (κ2) is 5.48. The maximum Gasteiger partial charge on any atom is 0.222 e. The van der Waals surface area contributed by atoms with E-state index in [1.807, 2.05) is 4.90 Å². The Morgan fingerprint density at radius 2 is 2.31 bits per heavy atom. The monoisotopic (exact) mass is 203 g/mol. The Morgan fingerprint density at radius 1 is 1.54 bits per heavy atom. The quantitative estimate of drug-likeness (QED) is 0.508. The van der Waals surface area contributed by atoms with Gasteiger partial charge in [0.05, 0.1) is 0 Å². The van der Waals surface area contributed by atoms with Gasteiger partial charge in [0.15, 0.2) is 0 Å². The van der Waals surface area contributed by atoms with Crippen LogP contribution in [-0.4, -0.2) is 29.3 Å². The highest BCUT2D eigenvalue weighted by Gasteiger charge is 2.23. The van der Waals surface area contributed by atoms with E-state index in [-0.39, 0.29) is 0 Å². The minimum atomic E-state index is 0.315. The predicted molar refractivity (Wildman–Crippen MR) is 55.0 cm³/mol. The van der Waals surface area contributed by atoms with Crippen LogP contribution in [0.4, 0.5) is 0 Å². The second-order valence-electron chi connectivity index (χ2n) is 3.72. The van der Waals surface area contributed by atoms with Crippen LogP contribution in [-0.2, 0) is 4.79 Å².